The minimum atomic E-state index is -1.01. The van der Waals surface area contributed by atoms with Crippen molar-refractivity contribution in [2.24, 2.45) is 4.99 Å². The van der Waals surface area contributed by atoms with Gasteiger partial charge in [-0.3, -0.25) is 9.69 Å². The third kappa shape index (κ3) is 4.04. The van der Waals surface area contributed by atoms with Gasteiger partial charge >= 0.3 is 5.97 Å². The van der Waals surface area contributed by atoms with E-state index in [0.717, 1.165) is 5.56 Å². The summed E-state index contributed by atoms with van der Waals surface area (Å²) in [6.07, 6.45) is 1.63. The number of furan rings is 1. The molecule has 1 aliphatic heterocycles. The Bertz CT molecular complexity index is 1180. The molecule has 1 aliphatic rings. The molecule has 0 unspecified atom stereocenters. The molecule has 30 heavy (non-hydrogen) atoms. The van der Waals surface area contributed by atoms with E-state index >= 15 is 0 Å². The van der Waals surface area contributed by atoms with Gasteiger partial charge in [0.05, 0.1) is 16.2 Å². The molecule has 0 saturated carbocycles. The number of aliphatic imine (C=N–C) groups is 1. The maximum atomic E-state index is 13.1. The lowest BCUT2D eigenvalue weighted by Crippen LogP contribution is -2.23. The van der Waals surface area contributed by atoms with Crippen LogP contribution in [0.1, 0.15) is 16.1 Å². The summed E-state index contributed by atoms with van der Waals surface area (Å²) in [5.74, 6) is -0.502. The minimum Gasteiger partial charge on any atom is -0.478 e. The lowest BCUT2D eigenvalue weighted by Gasteiger charge is -2.07. The highest BCUT2D eigenvalue weighted by Gasteiger charge is 2.30. The first-order chi connectivity index (χ1) is 14.4. The predicted octanol–water partition coefficient (Wildman–Crippen LogP) is 5.02. The second-order valence-corrected chi connectivity index (χ2v) is 7.44. The van der Waals surface area contributed by atoms with Crippen LogP contribution in [0.4, 0.5) is 10.1 Å². The van der Waals surface area contributed by atoms with Crippen molar-refractivity contribution in [3.63, 3.8) is 0 Å². The molecular weight excluding hydrogens is 407 g/mol. The number of halogens is 1. The summed E-state index contributed by atoms with van der Waals surface area (Å²) < 4.78 is 18.8. The van der Waals surface area contributed by atoms with Crippen molar-refractivity contribution in [1.29, 1.82) is 0 Å². The van der Waals surface area contributed by atoms with Crippen LogP contribution in [0.2, 0.25) is 0 Å². The molecule has 0 radical (unpaired) electrons. The molecule has 150 valence electrons. The molecule has 1 amide bonds. The molecule has 0 bridgehead atoms. The van der Waals surface area contributed by atoms with E-state index in [0.29, 0.717) is 27.3 Å². The van der Waals surface area contributed by atoms with E-state index in [-0.39, 0.29) is 17.3 Å². The fourth-order valence-electron chi connectivity index (χ4n) is 2.77. The molecule has 0 atom stereocenters. The molecule has 3 aromatic rings. The van der Waals surface area contributed by atoms with Crippen molar-refractivity contribution in [2.75, 3.05) is 7.05 Å². The lowest BCUT2D eigenvalue weighted by molar-refractivity contribution is -0.121. The molecule has 1 saturated heterocycles. The maximum Gasteiger partial charge on any atom is 0.335 e. The van der Waals surface area contributed by atoms with Crippen LogP contribution >= 0.6 is 11.8 Å². The summed E-state index contributed by atoms with van der Waals surface area (Å²) >= 11 is 1.20. The molecule has 1 aromatic heterocycles. The summed E-state index contributed by atoms with van der Waals surface area (Å²) in [5.41, 5.74) is 1.44. The Labute approximate surface area is 175 Å². The van der Waals surface area contributed by atoms with Gasteiger partial charge in [0, 0.05) is 18.7 Å². The number of carboxylic acids is 1. The number of thioether (sulfide) groups is 1. The van der Waals surface area contributed by atoms with Gasteiger partial charge in [-0.2, -0.15) is 0 Å². The summed E-state index contributed by atoms with van der Waals surface area (Å²) in [6.45, 7) is 0. The number of nitrogens with zero attached hydrogens (tertiary/aromatic N) is 2. The van der Waals surface area contributed by atoms with Crippen LogP contribution in [0.5, 0.6) is 0 Å². The van der Waals surface area contributed by atoms with Gasteiger partial charge in [0.1, 0.15) is 17.3 Å². The van der Waals surface area contributed by atoms with E-state index in [2.05, 4.69) is 4.99 Å². The number of likely N-dealkylation sites (N-methyl/N-ethyl adjacent to an activating group) is 1. The first-order valence-corrected chi connectivity index (χ1v) is 9.68. The van der Waals surface area contributed by atoms with Crippen molar-refractivity contribution >= 4 is 40.6 Å². The van der Waals surface area contributed by atoms with Gasteiger partial charge in [-0.15, -0.1) is 0 Å². The monoisotopic (exact) mass is 422 g/mol. The second-order valence-electron chi connectivity index (χ2n) is 6.43. The van der Waals surface area contributed by atoms with Crippen LogP contribution in [0.3, 0.4) is 0 Å². The van der Waals surface area contributed by atoms with Crippen LogP contribution in [0.25, 0.3) is 17.4 Å². The Kier molecular flexibility index (Phi) is 5.24. The molecule has 4 rings (SSSR count). The van der Waals surface area contributed by atoms with Gasteiger partial charge in [0.15, 0.2) is 5.17 Å². The Balaban J connectivity index is 1.55. The van der Waals surface area contributed by atoms with Crippen molar-refractivity contribution in [3.8, 4) is 11.3 Å². The largest absolute Gasteiger partial charge is 0.478 e. The average Bonchev–Trinajstić information content (AvgIpc) is 3.30. The highest BCUT2D eigenvalue weighted by atomic mass is 32.2. The van der Waals surface area contributed by atoms with Crippen molar-refractivity contribution < 1.29 is 23.5 Å². The highest BCUT2D eigenvalue weighted by molar-refractivity contribution is 8.18. The van der Waals surface area contributed by atoms with Gasteiger partial charge < -0.3 is 9.52 Å². The summed E-state index contributed by atoms with van der Waals surface area (Å²) in [5, 5.41) is 9.44. The standard InChI is InChI=1S/C22H15FN2O4S/c1-25-20(26)19(30-22(25)24-16-8-4-14(5-9-16)21(27)28)12-17-10-11-18(29-17)13-2-6-15(23)7-3-13/h2-12H,1H3,(H,27,28)/b19-12+,24-22?. The quantitative estimate of drug-likeness (QED) is 0.597. The van der Waals surface area contributed by atoms with Gasteiger partial charge in [0.2, 0.25) is 0 Å². The molecular formula is C22H15FN2O4S. The third-order valence-electron chi connectivity index (χ3n) is 4.37. The van der Waals surface area contributed by atoms with E-state index in [4.69, 9.17) is 9.52 Å². The van der Waals surface area contributed by atoms with Crippen LogP contribution in [0, 0.1) is 5.82 Å². The Morgan fingerprint density at radius 1 is 1.10 bits per heavy atom. The molecule has 8 heteroatoms. The van der Waals surface area contributed by atoms with Crippen molar-refractivity contribution in [2.45, 2.75) is 0 Å². The molecule has 2 aromatic carbocycles. The number of benzene rings is 2. The molecule has 6 nitrogen and oxygen atoms in total. The van der Waals surface area contributed by atoms with E-state index in [1.165, 1.54) is 40.9 Å². The maximum absolute atomic E-state index is 13.1. The number of hydrogen-bond donors (Lipinski definition) is 1. The zero-order valence-electron chi connectivity index (χ0n) is 15.7. The zero-order valence-corrected chi connectivity index (χ0v) is 16.5. The van der Waals surface area contributed by atoms with Crippen LogP contribution < -0.4 is 0 Å². The Morgan fingerprint density at radius 3 is 2.47 bits per heavy atom. The van der Waals surface area contributed by atoms with Crippen LogP contribution in [0.15, 0.2) is 75.0 Å². The van der Waals surface area contributed by atoms with Crippen LogP contribution in [-0.4, -0.2) is 34.1 Å². The van der Waals surface area contributed by atoms with Crippen LogP contribution in [-0.2, 0) is 4.79 Å². The first-order valence-electron chi connectivity index (χ1n) is 8.86. The zero-order chi connectivity index (χ0) is 21.3. The van der Waals surface area contributed by atoms with E-state index in [1.807, 2.05) is 0 Å². The van der Waals surface area contributed by atoms with Crippen molar-refractivity contribution in [3.05, 3.63) is 82.7 Å². The minimum absolute atomic E-state index is 0.165. The van der Waals surface area contributed by atoms with E-state index in [9.17, 15) is 14.0 Å². The van der Waals surface area contributed by atoms with Gasteiger partial charge in [-0.1, -0.05) is 0 Å². The fraction of sp³-hybridized carbons (Fsp3) is 0.0455. The van der Waals surface area contributed by atoms with Gasteiger partial charge in [0.25, 0.3) is 5.91 Å². The molecule has 0 spiro atoms. The number of carbonyl (C=O) groups is 2. The Morgan fingerprint density at radius 2 is 1.80 bits per heavy atom. The smallest absolute Gasteiger partial charge is 0.335 e. The summed E-state index contributed by atoms with van der Waals surface area (Å²) in [6, 6.07) is 15.5. The molecule has 1 N–H and O–H groups in total. The number of aromatic carboxylic acids is 1. The number of carboxylic acid groups (broad SMARTS) is 1. The molecule has 2 heterocycles. The summed E-state index contributed by atoms with van der Waals surface area (Å²) in [4.78, 5) is 29.8. The summed E-state index contributed by atoms with van der Waals surface area (Å²) in [7, 11) is 1.62. The molecule has 0 aliphatic carbocycles. The van der Waals surface area contributed by atoms with Gasteiger partial charge in [-0.05, 0) is 72.4 Å². The molecule has 1 fully saturated rings. The lowest BCUT2D eigenvalue weighted by atomic mass is 10.2. The number of amidine groups is 1. The van der Waals surface area contributed by atoms with Gasteiger partial charge in [-0.25, -0.2) is 14.2 Å². The highest BCUT2D eigenvalue weighted by Crippen LogP contribution is 2.34. The number of rotatable bonds is 4. The number of amides is 1. The normalized spacial score (nSPS) is 16.6. The third-order valence-corrected chi connectivity index (χ3v) is 5.43. The topological polar surface area (TPSA) is 83.1 Å². The number of hydrogen-bond acceptors (Lipinski definition) is 5. The fourth-order valence-corrected chi connectivity index (χ4v) is 3.74. The predicted molar refractivity (Wildman–Crippen MR) is 113 cm³/mol. The van der Waals surface area contributed by atoms with E-state index < -0.39 is 5.97 Å². The van der Waals surface area contributed by atoms with Crippen molar-refractivity contribution in [1.82, 2.24) is 4.90 Å². The van der Waals surface area contributed by atoms with E-state index in [1.54, 1.807) is 49.5 Å². The second kappa shape index (κ2) is 8.00. The average molecular weight is 422 g/mol. The SMILES string of the molecule is CN1C(=O)/C(=C\c2ccc(-c3ccc(F)cc3)o2)SC1=Nc1ccc(C(=O)O)cc1. The number of carbonyl (C=O) groups excluding carboxylic acids is 1. The Hall–Kier alpha value is -3.65. The first kappa shape index (κ1) is 19.7.